The number of carbonyl (C=O) groups excluding carboxylic acids is 1. The number of piperidine rings is 1. The van der Waals surface area contributed by atoms with Gasteiger partial charge in [-0.05, 0) is 38.3 Å². The largest absolute Gasteiger partial charge is 0.374 e. The van der Waals surface area contributed by atoms with Crippen molar-refractivity contribution in [3.63, 3.8) is 0 Å². The lowest BCUT2D eigenvalue weighted by Crippen LogP contribution is -2.51. The molecule has 0 saturated carbocycles. The van der Waals surface area contributed by atoms with Gasteiger partial charge in [0.25, 0.3) is 5.91 Å². The highest BCUT2D eigenvalue weighted by atomic mass is 16.5. The minimum absolute atomic E-state index is 0.0995. The van der Waals surface area contributed by atoms with Crippen LogP contribution in [-0.4, -0.2) is 72.6 Å². The van der Waals surface area contributed by atoms with E-state index < -0.39 is 0 Å². The van der Waals surface area contributed by atoms with Crippen molar-refractivity contribution in [1.29, 1.82) is 0 Å². The molecule has 7 heteroatoms. The van der Waals surface area contributed by atoms with E-state index in [0.717, 1.165) is 50.4 Å². The molecule has 1 amide bonds. The Balaban J connectivity index is 1.40. The summed E-state index contributed by atoms with van der Waals surface area (Å²) in [5.41, 5.74) is 0.925. The smallest absolute Gasteiger partial charge is 0.251 e. The molecule has 0 radical (unpaired) electrons. The Morgan fingerprint density at radius 1 is 1.12 bits per heavy atom. The van der Waals surface area contributed by atoms with Crippen LogP contribution in [0.2, 0.25) is 0 Å². The van der Waals surface area contributed by atoms with Gasteiger partial charge in [-0.3, -0.25) is 4.79 Å². The van der Waals surface area contributed by atoms with Crippen LogP contribution in [0.5, 0.6) is 0 Å². The number of anilines is 1. The van der Waals surface area contributed by atoms with Gasteiger partial charge in [0.1, 0.15) is 6.10 Å². The van der Waals surface area contributed by atoms with Gasteiger partial charge in [0.2, 0.25) is 0 Å². The van der Waals surface area contributed by atoms with Crippen molar-refractivity contribution in [3.8, 4) is 0 Å². The predicted octanol–water partition coefficient (Wildman–Crippen LogP) is 1.02. The Hall–Kier alpha value is -1.73. The molecule has 7 nitrogen and oxygen atoms in total. The van der Waals surface area contributed by atoms with E-state index in [1.54, 1.807) is 0 Å². The number of rotatable bonds is 2. The molecule has 0 aliphatic carbocycles. The van der Waals surface area contributed by atoms with Crippen LogP contribution in [0, 0.1) is 12.8 Å². The van der Waals surface area contributed by atoms with Crippen LogP contribution in [0.3, 0.4) is 0 Å². The van der Waals surface area contributed by atoms with Crippen molar-refractivity contribution in [3.05, 3.63) is 17.8 Å². The van der Waals surface area contributed by atoms with E-state index in [1.807, 2.05) is 24.0 Å². The highest BCUT2D eigenvalue weighted by Gasteiger charge is 2.38. The molecule has 3 aliphatic heterocycles. The first-order chi connectivity index (χ1) is 12.2. The van der Waals surface area contributed by atoms with Gasteiger partial charge in [-0.25, -0.2) is 0 Å². The molecule has 1 aromatic heterocycles. The third-order valence-corrected chi connectivity index (χ3v) is 5.47. The van der Waals surface area contributed by atoms with Crippen molar-refractivity contribution in [2.45, 2.75) is 38.4 Å². The Morgan fingerprint density at radius 3 is 2.80 bits per heavy atom. The number of hydrogen-bond donors (Lipinski definition) is 0. The molecule has 4 rings (SSSR count). The van der Waals surface area contributed by atoms with Gasteiger partial charge in [0.15, 0.2) is 5.82 Å². The van der Waals surface area contributed by atoms with E-state index in [1.165, 1.54) is 0 Å². The first-order valence-electron chi connectivity index (χ1n) is 9.28. The zero-order chi connectivity index (χ0) is 17.2. The highest BCUT2D eigenvalue weighted by Crippen LogP contribution is 2.27. The van der Waals surface area contributed by atoms with E-state index in [9.17, 15) is 4.79 Å². The molecule has 0 N–H and O–H groups in total. The SMILES string of the molecule is Cc1ccc(N2CCO[C@@H]3CN(C(=O)[C@H]4CCCO4)CC[C@@H]3C2)nn1. The molecular formula is C18H26N4O3. The van der Waals surface area contributed by atoms with Crippen LogP contribution in [0.25, 0.3) is 0 Å². The number of fused-ring (bicyclic) bond motifs is 1. The Morgan fingerprint density at radius 2 is 2.04 bits per heavy atom. The Bertz CT molecular complexity index is 603. The van der Waals surface area contributed by atoms with Gasteiger partial charge in [-0.2, -0.15) is 5.10 Å². The van der Waals surface area contributed by atoms with Crippen molar-refractivity contribution in [2.75, 3.05) is 44.3 Å². The molecule has 3 aliphatic rings. The van der Waals surface area contributed by atoms with E-state index in [4.69, 9.17) is 9.47 Å². The second-order valence-corrected chi connectivity index (χ2v) is 7.22. The lowest BCUT2D eigenvalue weighted by atomic mass is 9.93. The molecular weight excluding hydrogens is 320 g/mol. The number of aromatic nitrogens is 2. The van der Waals surface area contributed by atoms with Gasteiger partial charge in [0.05, 0.1) is 18.4 Å². The van der Waals surface area contributed by atoms with Crippen LogP contribution < -0.4 is 4.90 Å². The summed E-state index contributed by atoms with van der Waals surface area (Å²) < 4.78 is 11.7. The quantitative estimate of drug-likeness (QED) is 0.796. The van der Waals surface area contributed by atoms with E-state index in [-0.39, 0.29) is 18.1 Å². The van der Waals surface area contributed by atoms with Crippen molar-refractivity contribution in [2.24, 2.45) is 5.92 Å². The summed E-state index contributed by atoms with van der Waals surface area (Å²) in [5.74, 6) is 1.47. The predicted molar refractivity (Wildman–Crippen MR) is 92.4 cm³/mol. The van der Waals surface area contributed by atoms with Crippen LogP contribution in [0.4, 0.5) is 5.82 Å². The van der Waals surface area contributed by atoms with Gasteiger partial charge in [-0.15, -0.1) is 5.10 Å². The fraction of sp³-hybridized carbons (Fsp3) is 0.722. The van der Waals surface area contributed by atoms with Crippen molar-refractivity contribution < 1.29 is 14.3 Å². The monoisotopic (exact) mass is 346 g/mol. The summed E-state index contributed by atoms with van der Waals surface area (Å²) in [6, 6.07) is 4.02. The number of aryl methyl sites for hydroxylation is 1. The van der Waals surface area contributed by atoms with Gasteiger partial charge in [-0.1, -0.05) is 0 Å². The average Bonchev–Trinajstić information content (AvgIpc) is 3.08. The lowest BCUT2D eigenvalue weighted by molar-refractivity contribution is -0.146. The molecule has 0 spiro atoms. The third-order valence-electron chi connectivity index (χ3n) is 5.47. The molecule has 3 fully saturated rings. The number of likely N-dealkylation sites (tertiary alicyclic amines) is 1. The van der Waals surface area contributed by atoms with Crippen molar-refractivity contribution >= 4 is 11.7 Å². The molecule has 0 bridgehead atoms. The van der Waals surface area contributed by atoms with Gasteiger partial charge < -0.3 is 19.3 Å². The molecule has 0 aromatic carbocycles. The molecule has 3 saturated heterocycles. The zero-order valence-corrected chi connectivity index (χ0v) is 14.8. The van der Waals surface area contributed by atoms with Crippen LogP contribution >= 0.6 is 0 Å². The summed E-state index contributed by atoms with van der Waals surface area (Å²) in [4.78, 5) is 16.8. The summed E-state index contributed by atoms with van der Waals surface area (Å²) in [6.45, 7) is 6.49. The fourth-order valence-corrected chi connectivity index (χ4v) is 4.00. The van der Waals surface area contributed by atoms with Gasteiger partial charge >= 0.3 is 0 Å². The maximum Gasteiger partial charge on any atom is 0.251 e. The van der Waals surface area contributed by atoms with Crippen LogP contribution in [0.15, 0.2) is 12.1 Å². The summed E-state index contributed by atoms with van der Waals surface area (Å²) in [7, 11) is 0. The van der Waals surface area contributed by atoms with Crippen molar-refractivity contribution in [1.82, 2.24) is 15.1 Å². The van der Waals surface area contributed by atoms with Crippen LogP contribution in [0.1, 0.15) is 25.0 Å². The first kappa shape index (κ1) is 16.7. The molecule has 3 atom stereocenters. The first-order valence-corrected chi connectivity index (χ1v) is 9.28. The Labute approximate surface area is 148 Å². The maximum absolute atomic E-state index is 12.6. The fourth-order valence-electron chi connectivity index (χ4n) is 4.00. The standard InChI is InChI=1S/C18H26N4O3/c1-13-4-5-17(20-19-13)21-8-10-25-16-12-22(7-6-14(16)11-21)18(23)15-3-2-9-24-15/h4-5,14-16H,2-3,6-12H2,1H3/t14-,15-,16-/m1/s1. The maximum atomic E-state index is 12.6. The average molecular weight is 346 g/mol. The molecule has 0 unspecified atom stereocenters. The molecule has 136 valence electrons. The number of amides is 1. The van der Waals surface area contributed by atoms with E-state index in [0.29, 0.717) is 25.7 Å². The normalized spacial score (nSPS) is 30.0. The van der Waals surface area contributed by atoms with Crippen LogP contribution in [-0.2, 0) is 14.3 Å². The Kier molecular flexibility index (Phi) is 4.85. The molecule has 1 aromatic rings. The summed E-state index contributed by atoms with van der Waals surface area (Å²) >= 11 is 0. The zero-order valence-electron chi connectivity index (χ0n) is 14.8. The second kappa shape index (κ2) is 7.25. The second-order valence-electron chi connectivity index (χ2n) is 7.22. The van der Waals surface area contributed by atoms with E-state index in [2.05, 4.69) is 15.1 Å². The minimum Gasteiger partial charge on any atom is -0.374 e. The minimum atomic E-state index is -0.235. The topological polar surface area (TPSA) is 67.8 Å². The number of carbonyl (C=O) groups is 1. The third kappa shape index (κ3) is 3.62. The highest BCUT2D eigenvalue weighted by molar-refractivity contribution is 5.81. The lowest BCUT2D eigenvalue weighted by Gasteiger charge is -2.38. The molecule has 25 heavy (non-hydrogen) atoms. The number of hydrogen-bond acceptors (Lipinski definition) is 6. The molecule has 4 heterocycles. The van der Waals surface area contributed by atoms with E-state index >= 15 is 0 Å². The number of nitrogens with zero attached hydrogens (tertiary/aromatic N) is 4. The summed E-state index contributed by atoms with van der Waals surface area (Å²) in [5, 5.41) is 8.49. The van der Waals surface area contributed by atoms with Gasteiger partial charge in [0, 0.05) is 38.7 Å². The number of ether oxygens (including phenoxy) is 2. The summed E-state index contributed by atoms with van der Waals surface area (Å²) in [6.07, 6.45) is 2.66.